The molecule has 1 N–H and O–H groups in total. The number of rotatable bonds is 4. The van der Waals surface area contributed by atoms with Gasteiger partial charge in [-0.2, -0.15) is 13.2 Å². The number of nitrogens with zero attached hydrogens (tertiary/aromatic N) is 2. The first-order chi connectivity index (χ1) is 15.3. The molecule has 5 rings (SSSR count). The molecule has 0 bridgehead atoms. The van der Waals surface area contributed by atoms with Crippen LogP contribution in [0, 0.1) is 5.82 Å². The Bertz CT molecular complexity index is 1180. The Balaban J connectivity index is 1.57. The number of halogens is 4. The summed E-state index contributed by atoms with van der Waals surface area (Å²) < 4.78 is 54.7. The molecule has 1 amide bonds. The number of carbonyl (C=O) groups excluding carboxylic acids is 1. The minimum absolute atomic E-state index is 0.0143. The number of fused-ring (bicyclic) bond motifs is 3. The first kappa shape index (κ1) is 21.1. The third-order valence-electron chi connectivity index (χ3n) is 6.65. The highest BCUT2D eigenvalue weighted by Crippen LogP contribution is 2.40. The number of amides is 1. The summed E-state index contributed by atoms with van der Waals surface area (Å²) in [7, 11) is 0. The minimum Gasteiger partial charge on any atom is -0.367 e. The largest absolute Gasteiger partial charge is 0.416 e. The van der Waals surface area contributed by atoms with Crippen LogP contribution in [0.4, 0.5) is 23.2 Å². The van der Waals surface area contributed by atoms with Crippen LogP contribution in [0.5, 0.6) is 0 Å². The fraction of sp³-hybridized carbons (Fsp3) is 0.458. The monoisotopic (exact) mass is 447 g/mol. The van der Waals surface area contributed by atoms with Crippen molar-refractivity contribution < 1.29 is 22.4 Å². The predicted molar refractivity (Wildman–Crippen MR) is 116 cm³/mol. The zero-order valence-corrected chi connectivity index (χ0v) is 17.8. The number of anilines is 1. The van der Waals surface area contributed by atoms with Crippen molar-refractivity contribution in [2.24, 2.45) is 0 Å². The standard InChI is InChI=1S/C24H25F4N3O/c1-2-21(32)31(15-6-7-15)16-4-3-11-30(13-16)23-18(25)9-10-19-22(23)17-8-5-14(24(26,27)28)12-20(17)29-19/h5,8-10,12,15-16,29H,2-4,6-7,11,13H2,1H3/t16-/m0/s1. The van der Waals surface area contributed by atoms with Gasteiger partial charge in [-0.1, -0.05) is 13.0 Å². The molecule has 0 unspecified atom stereocenters. The molecule has 8 heteroatoms. The maximum absolute atomic E-state index is 15.2. The van der Waals surface area contributed by atoms with Gasteiger partial charge >= 0.3 is 6.18 Å². The van der Waals surface area contributed by atoms with E-state index in [4.69, 9.17) is 0 Å². The molecule has 0 spiro atoms. The van der Waals surface area contributed by atoms with Gasteiger partial charge in [0.15, 0.2) is 0 Å². The highest BCUT2D eigenvalue weighted by molar-refractivity contribution is 6.13. The molecule has 2 aromatic carbocycles. The Morgan fingerprint density at radius 1 is 1.12 bits per heavy atom. The zero-order chi connectivity index (χ0) is 22.6. The lowest BCUT2D eigenvalue weighted by molar-refractivity contribution is -0.137. The molecular formula is C24H25F4N3O. The van der Waals surface area contributed by atoms with Gasteiger partial charge in [-0.25, -0.2) is 4.39 Å². The van der Waals surface area contributed by atoms with Crippen molar-refractivity contribution >= 4 is 33.4 Å². The lowest BCUT2D eigenvalue weighted by atomic mass is 10.0. The van der Waals surface area contributed by atoms with Crippen LogP contribution in [0.15, 0.2) is 30.3 Å². The molecule has 1 aromatic heterocycles. The van der Waals surface area contributed by atoms with Gasteiger partial charge in [0.1, 0.15) is 5.82 Å². The van der Waals surface area contributed by atoms with Crippen molar-refractivity contribution in [3.8, 4) is 0 Å². The van der Waals surface area contributed by atoms with E-state index in [-0.39, 0.29) is 18.0 Å². The number of hydrogen-bond acceptors (Lipinski definition) is 2. The third kappa shape index (κ3) is 3.59. The summed E-state index contributed by atoms with van der Waals surface area (Å²) in [6, 6.07) is 6.75. The number of alkyl halides is 3. The van der Waals surface area contributed by atoms with Crippen LogP contribution in [0.25, 0.3) is 21.8 Å². The topological polar surface area (TPSA) is 39.3 Å². The van der Waals surface area contributed by atoms with Crippen molar-refractivity contribution in [3.63, 3.8) is 0 Å². The molecule has 0 radical (unpaired) electrons. The van der Waals surface area contributed by atoms with E-state index >= 15 is 4.39 Å². The molecule has 1 atom stereocenters. The maximum atomic E-state index is 15.2. The van der Waals surface area contributed by atoms with Gasteiger partial charge in [0.05, 0.1) is 11.3 Å². The summed E-state index contributed by atoms with van der Waals surface area (Å²) in [5.41, 5.74) is 0.588. The van der Waals surface area contributed by atoms with Crippen LogP contribution in [-0.2, 0) is 11.0 Å². The van der Waals surface area contributed by atoms with Gasteiger partial charge in [-0.05, 0) is 49.9 Å². The Hall–Kier alpha value is -2.77. The van der Waals surface area contributed by atoms with Crippen molar-refractivity contribution in [2.75, 3.05) is 18.0 Å². The van der Waals surface area contributed by atoms with Crippen molar-refractivity contribution in [3.05, 3.63) is 41.7 Å². The second-order valence-electron chi connectivity index (χ2n) is 8.83. The zero-order valence-electron chi connectivity index (χ0n) is 17.8. The number of benzene rings is 2. The van der Waals surface area contributed by atoms with E-state index in [1.54, 1.807) is 6.07 Å². The Labute approximate surface area is 183 Å². The molecule has 1 saturated heterocycles. The van der Waals surface area contributed by atoms with E-state index in [1.807, 2.05) is 16.7 Å². The molecule has 32 heavy (non-hydrogen) atoms. The quantitative estimate of drug-likeness (QED) is 0.510. The summed E-state index contributed by atoms with van der Waals surface area (Å²) in [6.45, 7) is 3.02. The van der Waals surface area contributed by atoms with Crippen molar-refractivity contribution in [2.45, 2.75) is 57.3 Å². The molecule has 1 saturated carbocycles. The number of nitrogens with one attached hydrogen (secondary N) is 1. The number of aromatic amines is 1. The molecule has 2 fully saturated rings. The van der Waals surface area contributed by atoms with Gasteiger partial charge in [0.2, 0.25) is 5.91 Å². The highest BCUT2D eigenvalue weighted by Gasteiger charge is 2.39. The van der Waals surface area contributed by atoms with Crippen LogP contribution in [0.2, 0.25) is 0 Å². The first-order valence-electron chi connectivity index (χ1n) is 11.1. The van der Waals surface area contributed by atoms with E-state index in [9.17, 15) is 18.0 Å². The molecule has 4 nitrogen and oxygen atoms in total. The molecule has 170 valence electrons. The van der Waals surface area contributed by atoms with E-state index in [2.05, 4.69) is 4.98 Å². The average molecular weight is 447 g/mol. The van der Waals surface area contributed by atoms with E-state index in [0.29, 0.717) is 47.0 Å². The minimum atomic E-state index is -4.45. The van der Waals surface area contributed by atoms with Gasteiger partial charge in [0.25, 0.3) is 0 Å². The smallest absolute Gasteiger partial charge is 0.367 e. The van der Waals surface area contributed by atoms with Gasteiger partial charge in [-0.3, -0.25) is 4.79 Å². The number of hydrogen-bond donors (Lipinski definition) is 1. The molecule has 1 aliphatic carbocycles. The molecule has 2 aliphatic rings. The maximum Gasteiger partial charge on any atom is 0.416 e. The Morgan fingerprint density at radius 2 is 1.91 bits per heavy atom. The van der Waals surface area contributed by atoms with Crippen LogP contribution in [0.3, 0.4) is 0 Å². The fourth-order valence-electron chi connectivity index (χ4n) is 5.06. The Morgan fingerprint density at radius 3 is 2.59 bits per heavy atom. The molecule has 3 aromatic rings. The fourth-order valence-corrected chi connectivity index (χ4v) is 5.06. The third-order valence-corrected chi connectivity index (χ3v) is 6.65. The summed E-state index contributed by atoms with van der Waals surface area (Å²) in [4.78, 5) is 19.6. The lowest BCUT2D eigenvalue weighted by Crippen LogP contribution is -2.51. The van der Waals surface area contributed by atoms with Gasteiger partial charge in [0, 0.05) is 53.4 Å². The normalized spacial score (nSPS) is 19.7. The second-order valence-corrected chi connectivity index (χ2v) is 8.83. The van der Waals surface area contributed by atoms with Crippen LogP contribution >= 0.6 is 0 Å². The summed E-state index contributed by atoms with van der Waals surface area (Å²) in [5.74, 6) is -0.274. The summed E-state index contributed by atoms with van der Waals surface area (Å²) >= 11 is 0. The molecule has 2 heterocycles. The first-order valence-corrected chi connectivity index (χ1v) is 11.1. The molecular weight excluding hydrogens is 422 g/mol. The highest BCUT2D eigenvalue weighted by atomic mass is 19.4. The number of carbonyl (C=O) groups is 1. The summed E-state index contributed by atoms with van der Waals surface area (Å²) in [5, 5.41) is 1.16. The van der Waals surface area contributed by atoms with Crippen molar-refractivity contribution in [1.29, 1.82) is 0 Å². The van der Waals surface area contributed by atoms with Crippen molar-refractivity contribution in [1.82, 2.24) is 9.88 Å². The van der Waals surface area contributed by atoms with Crippen LogP contribution in [-0.4, -0.2) is 41.0 Å². The Kier molecular flexibility index (Phi) is 5.06. The second kappa shape index (κ2) is 7.67. The van der Waals surface area contributed by atoms with Gasteiger partial charge < -0.3 is 14.8 Å². The number of aromatic nitrogens is 1. The number of H-pyrrole nitrogens is 1. The SMILES string of the molecule is CCC(=O)N(C1CC1)[C@H]1CCCN(c2c(F)ccc3[nH]c4cc(C(F)(F)F)ccc4c23)C1. The van der Waals surface area contributed by atoms with E-state index in [0.717, 1.165) is 37.8 Å². The van der Waals surface area contributed by atoms with E-state index in [1.165, 1.54) is 12.1 Å². The molecule has 1 aliphatic heterocycles. The lowest BCUT2D eigenvalue weighted by Gasteiger charge is -2.41. The van der Waals surface area contributed by atoms with Crippen LogP contribution < -0.4 is 4.90 Å². The number of piperidine rings is 1. The average Bonchev–Trinajstić information content (AvgIpc) is 3.52. The van der Waals surface area contributed by atoms with Gasteiger partial charge in [-0.15, -0.1) is 0 Å². The van der Waals surface area contributed by atoms with E-state index < -0.39 is 17.6 Å². The van der Waals surface area contributed by atoms with Crippen LogP contribution in [0.1, 0.15) is 44.6 Å². The predicted octanol–water partition coefficient (Wildman–Crippen LogP) is 5.85. The summed E-state index contributed by atoms with van der Waals surface area (Å²) in [6.07, 6.45) is -0.286.